The van der Waals surface area contributed by atoms with Crippen molar-refractivity contribution >= 4 is 29.0 Å². The van der Waals surface area contributed by atoms with Gasteiger partial charge in [-0.05, 0) is 30.5 Å². The Morgan fingerprint density at radius 3 is 2.39 bits per heavy atom. The second-order valence-corrected chi connectivity index (χ2v) is 8.78. The highest BCUT2D eigenvalue weighted by molar-refractivity contribution is 6.04. The number of anilines is 3. The first-order valence-electron chi connectivity index (χ1n) is 11.8. The number of H-pyrrole nitrogens is 1. The summed E-state index contributed by atoms with van der Waals surface area (Å²) in [4.78, 5) is 54.5. The normalized spacial score (nSPS) is 10.8. The fraction of sp³-hybridized carbons (Fsp3) is 0.308. The molecule has 1 heterocycles. The molecule has 0 atom stereocenters. The van der Waals surface area contributed by atoms with Crippen LogP contribution >= 0.6 is 0 Å². The molecule has 10 nitrogen and oxygen atoms in total. The summed E-state index contributed by atoms with van der Waals surface area (Å²) in [5, 5.41) is 5.60. The van der Waals surface area contributed by atoms with Gasteiger partial charge in [-0.25, -0.2) is 4.79 Å². The minimum absolute atomic E-state index is 0.0317. The van der Waals surface area contributed by atoms with Crippen LogP contribution in [0.4, 0.5) is 17.2 Å². The van der Waals surface area contributed by atoms with Crippen molar-refractivity contribution < 1.29 is 9.59 Å². The van der Waals surface area contributed by atoms with Gasteiger partial charge in [-0.2, -0.15) is 0 Å². The van der Waals surface area contributed by atoms with Gasteiger partial charge >= 0.3 is 5.69 Å². The zero-order chi connectivity index (χ0) is 26.2. The van der Waals surface area contributed by atoms with Crippen LogP contribution < -0.4 is 32.5 Å². The van der Waals surface area contributed by atoms with Gasteiger partial charge in [0.25, 0.3) is 11.5 Å². The highest BCUT2D eigenvalue weighted by Crippen LogP contribution is 2.19. The number of aromatic nitrogens is 2. The van der Waals surface area contributed by atoms with E-state index in [1.54, 1.807) is 31.2 Å². The van der Waals surface area contributed by atoms with Crippen molar-refractivity contribution in [1.82, 2.24) is 14.9 Å². The van der Waals surface area contributed by atoms with Gasteiger partial charge in [0.1, 0.15) is 11.5 Å². The Labute approximate surface area is 209 Å². The van der Waals surface area contributed by atoms with E-state index in [0.717, 1.165) is 5.56 Å². The number of nitrogens with one attached hydrogen (secondary N) is 3. The minimum atomic E-state index is -0.676. The van der Waals surface area contributed by atoms with Gasteiger partial charge < -0.3 is 21.3 Å². The standard InChI is InChI=1S/C26H32N6O4/c1-4-31(16-21(33)29-20-13-9-8-12-19(20)24(34)28-14-17(2)3)22-23(27)32(26(36)30-25(22)35)15-18-10-6-5-7-11-18/h5-13,17H,4,14-16,27H2,1-3H3,(H,28,34)(H,29,33)(H,30,35,36). The monoisotopic (exact) mass is 492 g/mol. The van der Waals surface area contributed by atoms with E-state index in [0.29, 0.717) is 17.8 Å². The molecule has 3 aromatic rings. The summed E-state index contributed by atoms with van der Waals surface area (Å²) in [7, 11) is 0. The number of rotatable bonds is 10. The van der Waals surface area contributed by atoms with Crippen molar-refractivity contribution in [2.75, 3.05) is 35.6 Å². The van der Waals surface area contributed by atoms with Crippen LogP contribution in [-0.4, -0.2) is 41.0 Å². The second kappa shape index (κ2) is 11.9. The van der Waals surface area contributed by atoms with Crippen molar-refractivity contribution in [3.05, 3.63) is 86.6 Å². The van der Waals surface area contributed by atoms with Crippen LogP contribution in [0.15, 0.2) is 64.2 Å². The van der Waals surface area contributed by atoms with Crippen molar-refractivity contribution in [2.24, 2.45) is 5.92 Å². The molecule has 0 saturated carbocycles. The van der Waals surface area contributed by atoms with Crippen molar-refractivity contribution in [3.8, 4) is 0 Å². The molecule has 0 aliphatic carbocycles. The number of carbonyl (C=O) groups excluding carboxylic acids is 2. The Bertz CT molecular complexity index is 1330. The topological polar surface area (TPSA) is 142 Å². The summed E-state index contributed by atoms with van der Waals surface area (Å²) in [5.41, 5.74) is 6.53. The van der Waals surface area contributed by atoms with Crippen molar-refractivity contribution in [2.45, 2.75) is 27.3 Å². The van der Waals surface area contributed by atoms with Gasteiger partial charge in [0.15, 0.2) is 0 Å². The molecule has 0 radical (unpaired) electrons. The zero-order valence-electron chi connectivity index (χ0n) is 20.7. The third-order valence-corrected chi connectivity index (χ3v) is 5.55. The van der Waals surface area contributed by atoms with Crippen LogP contribution in [0.5, 0.6) is 0 Å². The molecule has 190 valence electrons. The summed E-state index contributed by atoms with van der Waals surface area (Å²) in [6.45, 7) is 6.48. The molecule has 0 aliphatic heterocycles. The van der Waals surface area contributed by atoms with Crippen LogP contribution in [0.3, 0.4) is 0 Å². The number of amides is 2. The van der Waals surface area contributed by atoms with E-state index in [4.69, 9.17) is 5.73 Å². The summed E-state index contributed by atoms with van der Waals surface area (Å²) >= 11 is 0. The lowest BCUT2D eigenvalue weighted by Gasteiger charge is -2.24. The van der Waals surface area contributed by atoms with Crippen LogP contribution in [0.1, 0.15) is 36.7 Å². The van der Waals surface area contributed by atoms with Gasteiger partial charge in [-0.15, -0.1) is 0 Å². The maximum absolute atomic E-state index is 13.0. The predicted molar refractivity (Wildman–Crippen MR) is 141 cm³/mol. The lowest BCUT2D eigenvalue weighted by Crippen LogP contribution is -2.41. The molecule has 0 bridgehead atoms. The van der Waals surface area contributed by atoms with E-state index in [2.05, 4.69) is 15.6 Å². The fourth-order valence-electron chi connectivity index (χ4n) is 3.70. The number of benzene rings is 2. The SMILES string of the molecule is CCN(CC(=O)Nc1ccccc1C(=O)NCC(C)C)c1c(N)n(Cc2ccccc2)c(=O)[nH]c1=O. The molecule has 0 fully saturated rings. The molecule has 2 amide bonds. The summed E-state index contributed by atoms with van der Waals surface area (Å²) in [6, 6.07) is 15.9. The number of para-hydroxylation sites is 1. The van der Waals surface area contributed by atoms with E-state index in [1.165, 1.54) is 9.47 Å². The Morgan fingerprint density at radius 2 is 1.72 bits per heavy atom. The molecule has 10 heteroatoms. The molecule has 1 aromatic heterocycles. The average Bonchev–Trinajstić information content (AvgIpc) is 2.85. The number of hydrogen-bond donors (Lipinski definition) is 4. The predicted octanol–water partition coefficient (Wildman–Crippen LogP) is 2.02. The van der Waals surface area contributed by atoms with Crippen molar-refractivity contribution in [3.63, 3.8) is 0 Å². The van der Waals surface area contributed by atoms with Gasteiger partial charge in [0, 0.05) is 13.1 Å². The summed E-state index contributed by atoms with van der Waals surface area (Å²) in [6.07, 6.45) is 0. The maximum atomic E-state index is 13.0. The van der Waals surface area contributed by atoms with Crippen molar-refractivity contribution in [1.29, 1.82) is 0 Å². The first-order chi connectivity index (χ1) is 17.2. The number of nitrogens with zero attached hydrogens (tertiary/aromatic N) is 2. The van der Waals surface area contributed by atoms with E-state index >= 15 is 0 Å². The van der Waals surface area contributed by atoms with Crippen LogP contribution in [0.2, 0.25) is 0 Å². The number of hydrogen-bond acceptors (Lipinski definition) is 6. The lowest BCUT2D eigenvalue weighted by atomic mass is 10.1. The highest BCUT2D eigenvalue weighted by atomic mass is 16.2. The molecule has 0 unspecified atom stereocenters. The first-order valence-corrected chi connectivity index (χ1v) is 11.8. The van der Waals surface area contributed by atoms with Gasteiger partial charge in [0.05, 0.1) is 24.3 Å². The van der Waals surface area contributed by atoms with E-state index in [-0.39, 0.29) is 43.0 Å². The largest absolute Gasteiger partial charge is 0.383 e. The van der Waals surface area contributed by atoms with E-state index in [1.807, 2.05) is 44.2 Å². The lowest BCUT2D eigenvalue weighted by molar-refractivity contribution is -0.115. The molecule has 0 spiro atoms. The second-order valence-electron chi connectivity index (χ2n) is 8.78. The van der Waals surface area contributed by atoms with E-state index in [9.17, 15) is 19.2 Å². The molecule has 0 saturated heterocycles. The minimum Gasteiger partial charge on any atom is -0.383 e. The van der Waals surface area contributed by atoms with Crippen LogP contribution in [-0.2, 0) is 11.3 Å². The number of likely N-dealkylation sites (N-methyl/N-ethyl adjacent to an activating group) is 1. The number of carbonyl (C=O) groups is 2. The molecule has 0 aliphatic rings. The number of nitrogens with two attached hydrogens (primary N) is 1. The summed E-state index contributed by atoms with van der Waals surface area (Å²) in [5.74, 6) is -0.487. The smallest absolute Gasteiger partial charge is 0.330 e. The highest BCUT2D eigenvalue weighted by Gasteiger charge is 2.21. The Morgan fingerprint density at radius 1 is 1.06 bits per heavy atom. The zero-order valence-corrected chi connectivity index (χ0v) is 20.7. The quantitative estimate of drug-likeness (QED) is 0.341. The summed E-state index contributed by atoms with van der Waals surface area (Å²) < 4.78 is 1.26. The number of aromatic amines is 1. The molecule has 36 heavy (non-hydrogen) atoms. The van der Waals surface area contributed by atoms with Gasteiger partial charge in [0.2, 0.25) is 5.91 Å². The maximum Gasteiger partial charge on any atom is 0.330 e. The van der Waals surface area contributed by atoms with E-state index < -0.39 is 17.2 Å². The molecule has 5 N–H and O–H groups in total. The Kier molecular flexibility index (Phi) is 8.66. The molecule has 3 rings (SSSR count). The molecule has 2 aromatic carbocycles. The first kappa shape index (κ1) is 26.3. The Balaban J connectivity index is 1.83. The fourth-order valence-corrected chi connectivity index (χ4v) is 3.70. The molecular formula is C26H32N6O4. The Hall–Kier alpha value is -4.34. The third kappa shape index (κ3) is 6.41. The third-order valence-electron chi connectivity index (χ3n) is 5.55. The average molecular weight is 493 g/mol. The van der Waals surface area contributed by atoms with Gasteiger partial charge in [-0.1, -0.05) is 56.3 Å². The van der Waals surface area contributed by atoms with Gasteiger partial charge in [-0.3, -0.25) is 23.9 Å². The van der Waals surface area contributed by atoms with Crippen LogP contribution in [0, 0.1) is 5.92 Å². The number of nitrogen functional groups attached to an aromatic ring is 1. The molecular weight excluding hydrogens is 460 g/mol. The van der Waals surface area contributed by atoms with Crippen LogP contribution in [0.25, 0.3) is 0 Å².